The second kappa shape index (κ2) is 9.36. The van der Waals surface area contributed by atoms with Crippen molar-refractivity contribution in [3.8, 4) is 5.75 Å². The van der Waals surface area contributed by atoms with Crippen LogP contribution in [0.25, 0.3) is 0 Å². The van der Waals surface area contributed by atoms with Gasteiger partial charge in [0.2, 0.25) is 0 Å². The van der Waals surface area contributed by atoms with Gasteiger partial charge in [-0.2, -0.15) is 0 Å². The zero-order chi connectivity index (χ0) is 18.3. The van der Waals surface area contributed by atoms with E-state index < -0.39 is 0 Å². The molecule has 0 spiro atoms. The number of hydrogen-bond acceptors (Lipinski definition) is 4. The van der Waals surface area contributed by atoms with Crippen molar-refractivity contribution in [3.05, 3.63) is 65.7 Å². The van der Waals surface area contributed by atoms with E-state index in [2.05, 4.69) is 34.9 Å². The van der Waals surface area contributed by atoms with Crippen molar-refractivity contribution in [1.29, 1.82) is 0 Å². The monoisotopic (exact) mass is 366 g/mol. The summed E-state index contributed by atoms with van der Waals surface area (Å²) in [7, 11) is 0. The maximum absolute atomic E-state index is 5.88. The number of ether oxygens (including phenoxy) is 2. The molecule has 0 bridgehead atoms. The standard InChI is InChI=1S/C23H30N2O2/c1-2-8-20(9-3-1)27-16-19-7-4-6-18(14-19)15-25-22-11-5-10-21(22)23-17-26-13-12-24-23/h1-4,6-9,14,21-25H,5,10-13,15-17H2. The van der Waals surface area contributed by atoms with Gasteiger partial charge in [-0.1, -0.05) is 48.9 Å². The molecule has 0 amide bonds. The first-order valence-electron chi connectivity index (χ1n) is 10.2. The Labute approximate surface area is 162 Å². The second-order valence-electron chi connectivity index (χ2n) is 7.64. The van der Waals surface area contributed by atoms with Gasteiger partial charge in [-0.3, -0.25) is 0 Å². The number of para-hydroxylation sites is 1. The van der Waals surface area contributed by atoms with Gasteiger partial charge in [0, 0.05) is 25.2 Å². The molecule has 3 unspecified atom stereocenters. The molecule has 2 fully saturated rings. The topological polar surface area (TPSA) is 42.5 Å². The van der Waals surface area contributed by atoms with Gasteiger partial charge in [-0.25, -0.2) is 0 Å². The maximum atomic E-state index is 5.88. The molecule has 1 saturated heterocycles. The second-order valence-corrected chi connectivity index (χ2v) is 7.64. The molecule has 1 saturated carbocycles. The Balaban J connectivity index is 1.30. The number of rotatable bonds is 7. The largest absolute Gasteiger partial charge is 0.489 e. The summed E-state index contributed by atoms with van der Waals surface area (Å²) < 4.78 is 11.6. The Hall–Kier alpha value is -1.88. The first-order valence-corrected chi connectivity index (χ1v) is 10.2. The lowest BCUT2D eigenvalue weighted by atomic mass is 9.94. The summed E-state index contributed by atoms with van der Waals surface area (Å²) in [5, 5.41) is 7.46. The first kappa shape index (κ1) is 18.5. The molecule has 1 aliphatic heterocycles. The average Bonchev–Trinajstić information content (AvgIpc) is 3.21. The van der Waals surface area contributed by atoms with Crippen LogP contribution in [-0.4, -0.2) is 31.8 Å². The van der Waals surface area contributed by atoms with Crippen LogP contribution in [0.2, 0.25) is 0 Å². The van der Waals surface area contributed by atoms with Crippen LogP contribution >= 0.6 is 0 Å². The van der Waals surface area contributed by atoms with Crippen molar-refractivity contribution in [2.75, 3.05) is 19.8 Å². The minimum atomic E-state index is 0.504. The van der Waals surface area contributed by atoms with E-state index in [9.17, 15) is 0 Å². The van der Waals surface area contributed by atoms with E-state index in [0.29, 0.717) is 24.6 Å². The summed E-state index contributed by atoms with van der Waals surface area (Å²) in [4.78, 5) is 0. The van der Waals surface area contributed by atoms with E-state index in [4.69, 9.17) is 9.47 Å². The van der Waals surface area contributed by atoms with Crippen LogP contribution in [0.4, 0.5) is 0 Å². The molecule has 0 aromatic heterocycles. The van der Waals surface area contributed by atoms with Crippen LogP contribution in [0.15, 0.2) is 54.6 Å². The highest BCUT2D eigenvalue weighted by Crippen LogP contribution is 2.29. The summed E-state index contributed by atoms with van der Waals surface area (Å²) in [5.74, 6) is 1.59. The van der Waals surface area contributed by atoms with E-state index in [1.807, 2.05) is 30.3 Å². The summed E-state index contributed by atoms with van der Waals surface area (Å²) >= 11 is 0. The normalized spacial score (nSPS) is 25.4. The van der Waals surface area contributed by atoms with Gasteiger partial charge in [0.05, 0.1) is 13.2 Å². The first-order chi connectivity index (χ1) is 13.4. The van der Waals surface area contributed by atoms with Gasteiger partial charge < -0.3 is 20.1 Å². The Kier molecular flexibility index (Phi) is 6.40. The minimum absolute atomic E-state index is 0.504. The highest BCUT2D eigenvalue weighted by molar-refractivity contribution is 5.25. The van der Waals surface area contributed by atoms with Crippen molar-refractivity contribution in [2.45, 2.75) is 44.5 Å². The SMILES string of the molecule is c1ccc(OCc2cccc(CNC3CCCC3C3COCCN3)c2)cc1. The van der Waals surface area contributed by atoms with Gasteiger partial charge in [-0.15, -0.1) is 0 Å². The average molecular weight is 367 g/mol. The molecule has 3 atom stereocenters. The molecule has 144 valence electrons. The predicted octanol–water partition coefficient (Wildman–Crippen LogP) is 3.51. The van der Waals surface area contributed by atoms with Gasteiger partial charge >= 0.3 is 0 Å². The van der Waals surface area contributed by atoms with Gasteiger partial charge in [0.1, 0.15) is 12.4 Å². The number of nitrogens with one attached hydrogen (secondary N) is 2. The predicted molar refractivity (Wildman–Crippen MR) is 108 cm³/mol. The minimum Gasteiger partial charge on any atom is -0.489 e. The molecule has 2 aromatic carbocycles. The lowest BCUT2D eigenvalue weighted by Crippen LogP contribution is -2.50. The molecule has 2 aliphatic rings. The van der Waals surface area contributed by atoms with Crippen molar-refractivity contribution >= 4 is 0 Å². The number of morpholine rings is 1. The van der Waals surface area contributed by atoms with Crippen molar-refractivity contribution in [2.24, 2.45) is 5.92 Å². The molecule has 2 aromatic rings. The van der Waals surface area contributed by atoms with Crippen LogP contribution in [-0.2, 0) is 17.9 Å². The third-order valence-corrected chi connectivity index (χ3v) is 5.75. The fraction of sp³-hybridized carbons (Fsp3) is 0.478. The van der Waals surface area contributed by atoms with Gasteiger partial charge in [0.25, 0.3) is 0 Å². The van der Waals surface area contributed by atoms with Gasteiger partial charge in [0.15, 0.2) is 0 Å². The number of hydrogen-bond donors (Lipinski definition) is 2. The van der Waals surface area contributed by atoms with Crippen LogP contribution < -0.4 is 15.4 Å². The number of benzene rings is 2. The molecule has 4 rings (SSSR count). The fourth-order valence-corrected chi connectivity index (χ4v) is 4.35. The molecule has 0 radical (unpaired) electrons. The van der Waals surface area contributed by atoms with E-state index in [1.54, 1.807) is 0 Å². The highest BCUT2D eigenvalue weighted by atomic mass is 16.5. The lowest BCUT2D eigenvalue weighted by Gasteiger charge is -2.33. The van der Waals surface area contributed by atoms with E-state index >= 15 is 0 Å². The maximum Gasteiger partial charge on any atom is 0.119 e. The molecule has 4 nitrogen and oxygen atoms in total. The Morgan fingerprint density at radius 3 is 2.78 bits per heavy atom. The lowest BCUT2D eigenvalue weighted by molar-refractivity contribution is 0.0524. The van der Waals surface area contributed by atoms with Crippen molar-refractivity contribution in [3.63, 3.8) is 0 Å². The Bertz CT molecular complexity index is 701. The molecule has 1 heterocycles. The smallest absolute Gasteiger partial charge is 0.119 e. The third-order valence-electron chi connectivity index (χ3n) is 5.75. The van der Waals surface area contributed by atoms with Crippen molar-refractivity contribution < 1.29 is 9.47 Å². The molecule has 1 aliphatic carbocycles. The molecule has 27 heavy (non-hydrogen) atoms. The van der Waals surface area contributed by atoms with Gasteiger partial charge in [-0.05, 0) is 42.0 Å². The summed E-state index contributed by atoms with van der Waals surface area (Å²) in [6, 6.07) is 19.8. The summed E-state index contributed by atoms with van der Waals surface area (Å²) in [5.41, 5.74) is 2.53. The van der Waals surface area contributed by atoms with Crippen LogP contribution in [0.1, 0.15) is 30.4 Å². The zero-order valence-corrected chi connectivity index (χ0v) is 15.9. The van der Waals surface area contributed by atoms with Crippen molar-refractivity contribution in [1.82, 2.24) is 10.6 Å². The summed E-state index contributed by atoms with van der Waals surface area (Å²) in [6.07, 6.45) is 3.87. The quantitative estimate of drug-likeness (QED) is 0.787. The van der Waals surface area contributed by atoms with Crippen LogP contribution in [0, 0.1) is 5.92 Å². The van der Waals surface area contributed by atoms with E-state index in [1.165, 1.54) is 30.4 Å². The third kappa shape index (κ3) is 5.10. The summed E-state index contributed by atoms with van der Waals surface area (Å²) in [6.45, 7) is 4.20. The Morgan fingerprint density at radius 2 is 1.93 bits per heavy atom. The fourth-order valence-electron chi connectivity index (χ4n) is 4.35. The Morgan fingerprint density at radius 1 is 1.04 bits per heavy atom. The molecule has 4 heteroatoms. The highest BCUT2D eigenvalue weighted by Gasteiger charge is 2.34. The van der Waals surface area contributed by atoms with Crippen LogP contribution in [0.5, 0.6) is 5.75 Å². The van der Waals surface area contributed by atoms with Crippen LogP contribution in [0.3, 0.4) is 0 Å². The van der Waals surface area contributed by atoms with E-state index in [0.717, 1.165) is 32.1 Å². The van der Waals surface area contributed by atoms with E-state index in [-0.39, 0.29) is 0 Å². The molecular weight excluding hydrogens is 336 g/mol. The zero-order valence-electron chi connectivity index (χ0n) is 15.9. The molecular formula is C23H30N2O2. The molecule has 2 N–H and O–H groups in total.